The molecule has 0 aliphatic heterocycles. The summed E-state index contributed by atoms with van der Waals surface area (Å²) in [6.45, 7) is 2.96. The number of rotatable bonds is 7. The molecule has 4 rings (SSSR count). The number of unbranched alkanes of at least 4 members (excludes halogenated alkanes) is 1. The van der Waals surface area contributed by atoms with Gasteiger partial charge in [0.2, 0.25) is 21.1 Å². The fourth-order valence-corrected chi connectivity index (χ4v) is 4.35. The zero-order valence-corrected chi connectivity index (χ0v) is 19.6. The maximum absolute atomic E-state index is 9.75. The van der Waals surface area contributed by atoms with Gasteiger partial charge in [-0.1, -0.05) is 61.9 Å². The van der Waals surface area contributed by atoms with Gasteiger partial charge in [0.25, 0.3) is 0 Å². The smallest absolute Gasteiger partial charge is 0.494 e. The molecule has 34 heavy (non-hydrogen) atoms. The molecule has 176 valence electrons. The average Bonchev–Trinajstić information content (AvgIpc) is 2.84. The van der Waals surface area contributed by atoms with E-state index in [1.165, 1.54) is 32.0 Å². The van der Waals surface area contributed by atoms with Crippen LogP contribution in [0.1, 0.15) is 19.8 Å². The van der Waals surface area contributed by atoms with Crippen LogP contribution < -0.4 is 4.74 Å². The van der Waals surface area contributed by atoms with Crippen LogP contribution in [0.25, 0.3) is 32.0 Å². The minimum atomic E-state index is -6.00. The van der Waals surface area contributed by atoms with Crippen molar-refractivity contribution in [1.82, 2.24) is 0 Å². The van der Waals surface area contributed by atoms with E-state index in [2.05, 4.69) is 104 Å². The fourth-order valence-electron chi connectivity index (χ4n) is 3.24. The summed E-state index contributed by atoms with van der Waals surface area (Å²) >= 11 is 1.83. The second kappa shape index (κ2) is 12.3. The molecule has 0 aliphatic carbocycles. The first-order chi connectivity index (χ1) is 16.3. The molecule has 0 fully saturated rings. The van der Waals surface area contributed by atoms with Gasteiger partial charge >= 0.3 is 7.25 Å². The third kappa shape index (κ3) is 8.30. The van der Waals surface area contributed by atoms with Crippen LogP contribution in [0, 0.1) is 0 Å². The summed E-state index contributed by atoms with van der Waals surface area (Å²) in [6.07, 6.45) is 2.23. The second-order valence-corrected chi connectivity index (χ2v) is 8.61. The van der Waals surface area contributed by atoms with Crippen molar-refractivity contribution in [3.05, 3.63) is 97.1 Å². The Morgan fingerprint density at radius 1 is 0.647 bits per heavy atom. The standard InChI is InChI=1S/C27H25OS.BF4/c1-2-3-18-28-25-16-14-21(15-17-25)24-19-26(22-10-6-4-7-11-22)29-27(20-24)23-12-8-5-9-13-23;2-1(3,4)5/h4-17,19-20H,2-3,18H2,1H3;/q+1;-1. The number of ether oxygens (including phenoxy) is 1. The van der Waals surface area contributed by atoms with Crippen molar-refractivity contribution >= 4 is 18.6 Å². The molecule has 0 spiro atoms. The quantitative estimate of drug-likeness (QED) is 0.110. The van der Waals surface area contributed by atoms with Gasteiger partial charge in [0.1, 0.15) is 5.75 Å². The Balaban J connectivity index is 0.000000588. The minimum Gasteiger partial charge on any atom is -0.494 e. The highest BCUT2D eigenvalue weighted by atomic mass is 32.1. The zero-order valence-electron chi connectivity index (χ0n) is 18.8. The highest BCUT2D eigenvalue weighted by Crippen LogP contribution is 2.37. The maximum atomic E-state index is 9.75. The van der Waals surface area contributed by atoms with Crippen molar-refractivity contribution in [2.75, 3.05) is 6.61 Å². The maximum Gasteiger partial charge on any atom is 0.673 e. The van der Waals surface area contributed by atoms with Gasteiger partial charge in [-0.2, -0.15) is 0 Å². The Morgan fingerprint density at radius 3 is 1.56 bits per heavy atom. The van der Waals surface area contributed by atoms with E-state index in [1.54, 1.807) is 0 Å². The van der Waals surface area contributed by atoms with Crippen molar-refractivity contribution in [2.45, 2.75) is 19.8 Å². The van der Waals surface area contributed by atoms with Crippen LogP contribution in [0.4, 0.5) is 17.3 Å². The normalized spacial score (nSPS) is 10.9. The van der Waals surface area contributed by atoms with Crippen LogP contribution in [0.2, 0.25) is 0 Å². The molecule has 1 heterocycles. The van der Waals surface area contributed by atoms with Crippen molar-refractivity contribution < 1.29 is 22.0 Å². The number of halogens is 4. The SMILES string of the molecule is CCCCOc1ccc(-c2cc(-c3ccccc3)[s+]c(-c3ccccc3)c2)cc1.F[B-](F)(F)F. The van der Waals surface area contributed by atoms with Gasteiger partial charge in [-0.15, -0.1) is 0 Å². The molecule has 4 aromatic rings. The third-order valence-electron chi connectivity index (χ3n) is 4.86. The molecular weight excluding hydrogens is 459 g/mol. The summed E-state index contributed by atoms with van der Waals surface area (Å²) in [4.78, 5) is 2.54. The van der Waals surface area contributed by atoms with E-state index in [4.69, 9.17) is 4.74 Å². The predicted octanol–water partition coefficient (Wildman–Crippen LogP) is 9.51. The fraction of sp³-hybridized carbons (Fsp3) is 0.148. The summed E-state index contributed by atoms with van der Waals surface area (Å²) < 4.78 is 44.8. The van der Waals surface area contributed by atoms with E-state index in [0.717, 1.165) is 25.2 Å². The van der Waals surface area contributed by atoms with Crippen molar-refractivity contribution in [2.24, 2.45) is 0 Å². The molecule has 0 amide bonds. The molecule has 0 aliphatic rings. The first kappa shape index (κ1) is 25.4. The van der Waals surface area contributed by atoms with Crippen molar-refractivity contribution in [3.63, 3.8) is 0 Å². The van der Waals surface area contributed by atoms with E-state index in [0.29, 0.717) is 0 Å². The first-order valence-corrected chi connectivity index (χ1v) is 11.8. The van der Waals surface area contributed by atoms with E-state index in [1.807, 2.05) is 11.3 Å². The first-order valence-electron chi connectivity index (χ1n) is 11.0. The third-order valence-corrected chi connectivity index (χ3v) is 6.01. The van der Waals surface area contributed by atoms with Crippen molar-refractivity contribution in [3.8, 4) is 37.8 Å². The average molecular weight is 484 g/mol. The second-order valence-electron chi connectivity index (χ2n) is 7.53. The predicted molar refractivity (Wildman–Crippen MR) is 136 cm³/mol. The molecule has 1 nitrogen and oxygen atoms in total. The lowest BCUT2D eigenvalue weighted by Gasteiger charge is -2.07. The molecule has 0 unspecified atom stereocenters. The van der Waals surface area contributed by atoms with Gasteiger partial charge in [0.15, 0.2) is 0 Å². The van der Waals surface area contributed by atoms with Gasteiger partial charge in [0, 0.05) is 23.3 Å². The van der Waals surface area contributed by atoms with Gasteiger partial charge in [0.05, 0.1) is 6.61 Å². The van der Waals surface area contributed by atoms with Crippen molar-refractivity contribution in [1.29, 1.82) is 0 Å². The van der Waals surface area contributed by atoms with Crippen LogP contribution in [0.5, 0.6) is 5.75 Å². The van der Waals surface area contributed by atoms with E-state index in [-0.39, 0.29) is 0 Å². The van der Waals surface area contributed by atoms with Gasteiger partial charge < -0.3 is 22.0 Å². The Kier molecular flexibility index (Phi) is 9.22. The topological polar surface area (TPSA) is 9.23 Å². The molecule has 0 saturated carbocycles. The molecular formula is C27H25BF4OS. The molecule has 0 bridgehead atoms. The van der Waals surface area contributed by atoms with Crippen LogP contribution >= 0.6 is 11.3 Å². The molecule has 3 aromatic carbocycles. The molecule has 7 heteroatoms. The molecule has 0 radical (unpaired) electrons. The summed E-state index contributed by atoms with van der Waals surface area (Å²) in [5.41, 5.74) is 4.92. The molecule has 0 saturated heterocycles. The minimum absolute atomic E-state index is 0.777. The lowest BCUT2D eigenvalue weighted by Crippen LogP contribution is -2.02. The number of hydrogen-bond donors (Lipinski definition) is 0. The Morgan fingerprint density at radius 2 is 1.12 bits per heavy atom. The van der Waals surface area contributed by atoms with Gasteiger partial charge in [-0.25, -0.2) is 0 Å². The summed E-state index contributed by atoms with van der Waals surface area (Å²) in [5, 5.41) is 0. The largest absolute Gasteiger partial charge is 0.673 e. The van der Waals surface area contributed by atoms with E-state index in [9.17, 15) is 17.3 Å². The summed E-state index contributed by atoms with van der Waals surface area (Å²) in [6, 6.07) is 34.3. The van der Waals surface area contributed by atoms with E-state index < -0.39 is 7.25 Å². The van der Waals surface area contributed by atoms with Crippen LogP contribution in [-0.4, -0.2) is 13.9 Å². The van der Waals surface area contributed by atoms with E-state index >= 15 is 0 Å². The molecule has 0 atom stereocenters. The van der Waals surface area contributed by atoms with Crippen LogP contribution in [-0.2, 0) is 0 Å². The molecule has 0 N–H and O–H groups in total. The highest BCUT2D eigenvalue weighted by molar-refractivity contribution is 7.18. The van der Waals surface area contributed by atoms with Crippen LogP contribution in [0.3, 0.4) is 0 Å². The summed E-state index contributed by atoms with van der Waals surface area (Å²) in [7, 11) is -6.00. The lowest BCUT2D eigenvalue weighted by atomic mass is 10.0. The Hall–Kier alpha value is -3.19. The van der Waals surface area contributed by atoms with Crippen LogP contribution in [0.15, 0.2) is 97.1 Å². The van der Waals surface area contributed by atoms with Gasteiger partial charge in [-0.3, -0.25) is 0 Å². The van der Waals surface area contributed by atoms with Gasteiger partial charge in [-0.05, 0) is 53.9 Å². The Bertz CT molecular complexity index is 1090. The zero-order chi connectivity index (χ0) is 24.4. The molecule has 1 aromatic heterocycles. The Labute approximate surface area is 201 Å². The number of hydrogen-bond acceptors (Lipinski definition) is 1. The lowest BCUT2D eigenvalue weighted by molar-refractivity contribution is 0.309. The number of benzene rings is 3. The monoisotopic (exact) mass is 484 g/mol. The highest BCUT2D eigenvalue weighted by Gasteiger charge is 2.21. The summed E-state index contributed by atoms with van der Waals surface area (Å²) in [5.74, 6) is 0.938.